The first-order valence-electron chi connectivity index (χ1n) is 8.95. The summed E-state index contributed by atoms with van der Waals surface area (Å²) in [6, 6.07) is 4.16. The molecule has 3 rings (SSSR count). The Morgan fingerprint density at radius 1 is 1.32 bits per heavy atom. The summed E-state index contributed by atoms with van der Waals surface area (Å²) >= 11 is 0. The number of carboxylic acids is 1. The van der Waals surface area contributed by atoms with Gasteiger partial charge in [0.05, 0.1) is 0 Å². The molecule has 1 saturated heterocycles. The van der Waals surface area contributed by atoms with Gasteiger partial charge in [0, 0.05) is 31.4 Å². The number of ether oxygens (including phenoxy) is 2. The lowest BCUT2D eigenvalue weighted by Crippen LogP contribution is -2.46. The van der Waals surface area contributed by atoms with E-state index in [1.165, 1.54) is 12.3 Å². The van der Waals surface area contributed by atoms with Gasteiger partial charge in [-0.05, 0) is 31.9 Å². The van der Waals surface area contributed by atoms with Crippen LogP contribution in [0.5, 0.6) is 11.6 Å². The normalized spacial score (nSPS) is 16.5. The van der Waals surface area contributed by atoms with Crippen molar-refractivity contribution in [3.8, 4) is 11.6 Å². The van der Waals surface area contributed by atoms with Crippen molar-refractivity contribution in [3.63, 3.8) is 0 Å². The minimum absolute atomic E-state index is 0.0737. The number of hydrogen-bond acceptors (Lipinski definition) is 6. The molecule has 0 saturated carbocycles. The Hall–Kier alpha value is -2.81. The molecule has 2 heterocycles. The number of aliphatic carboxylic acids is 1. The maximum Gasteiger partial charge on any atom is 0.320 e. The minimum atomic E-state index is -0.836. The van der Waals surface area contributed by atoms with Gasteiger partial charge >= 0.3 is 5.97 Å². The number of likely N-dealkylation sites (tertiary alicyclic amines) is 1. The van der Waals surface area contributed by atoms with E-state index in [-0.39, 0.29) is 18.5 Å². The minimum Gasteiger partial charge on any atom is -0.483 e. The van der Waals surface area contributed by atoms with Crippen LogP contribution in [-0.4, -0.2) is 51.2 Å². The van der Waals surface area contributed by atoms with Gasteiger partial charge in [-0.15, -0.1) is 0 Å². The van der Waals surface area contributed by atoms with Crippen LogP contribution in [0.15, 0.2) is 30.5 Å². The molecule has 1 fully saturated rings. The summed E-state index contributed by atoms with van der Waals surface area (Å²) in [5.74, 6) is -1.72. The third kappa shape index (κ3) is 5.13. The van der Waals surface area contributed by atoms with Crippen molar-refractivity contribution in [2.45, 2.75) is 38.5 Å². The highest BCUT2D eigenvalue weighted by molar-refractivity contribution is 5.72. The van der Waals surface area contributed by atoms with Gasteiger partial charge in [-0.2, -0.15) is 4.98 Å². The maximum absolute atomic E-state index is 13.6. The summed E-state index contributed by atoms with van der Waals surface area (Å²) < 4.78 is 37.7. The van der Waals surface area contributed by atoms with E-state index in [0.29, 0.717) is 37.6 Å². The molecule has 150 valence electrons. The van der Waals surface area contributed by atoms with E-state index < -0.39 is 23.6 Å². The maximum atomic E-state index is 13.6. The molecular formula is C19H21F2N3O4. The van der Waals surface area contributed by atoms with Gasteiger partial charge in [0.25, 0.3) is 0 Å². The van der Waals surface area contributed by atoms with Crippen LogP contribution in [0.2, 0.25) is 0 Å². The molecule has 28 heavy (non-hydrogen) atoms. The molecule has 1 N–H and O–H groups in total. The average Bonchev–Trinajstić information content (AvgIpc) is 2.67. The van der Waals surface area contributed by atoms with Crippen molar-refractivity contribution in [2.24, 2.45) is 0 Å². The Kier molecular flexibility index (Phi) is 6.35. The molecule has 2 aromatic rings. The summed E-state index contributed by atoms with van der Waals surface area (Å²) in [7, 11) is 0. The number of halogens is 2. The summed E-state index contributed by atoms with van der Waals surface area (Å²) in [6.45, 7) is 2.84. The Morgan fingerprint density at radius 2 is 2.07 bits per heavy atom. The largest absolute Gasteiger partial charge is 0.483 e. The zero-order valence-electron chi connectivity index (χ0n) is 15.3. The van der Waals surface area contributed by atoms with Gasteiger partial charge in [0.15, 0.2) is 17.4 Å². The van der Waals surface area contributed by atoms with Gasteiger partial charge in [0.2, 0.25) is 5.88 Å². The highest BCUT2D eigenvalue weighted by atomic mass is 19.1. The van der Waals surface area contributed by atoms with Crippen LogP contribution in [0.25, 0.3) is 0 Å². The van der Waals surface area contributed by atoms with E-state index in [1.807, 2.05) is 4.90 Å². The standard InChI is InChI=1S/C19H21F2N3O4/c1-12(19(25)26)24-8-5-14(6-9-24)28-18-4-7-22-17(23-18)11-27-16-3-2-13(20)10-15(16)21/h2-4,7,10,12,14H,5-6,8-9,11H2,1H3,(H,25,26). The predicted octanol–water partition coefficient (Wildman–Crippen LogP) is 2.65. The molecule has 9 heteroatoms. The summed E-state index contributed by atoms with van der Waals surface area (Å²) in [6.07, 6.45) is 2.82. The fraction of sp³-hybridized carbons (Fsp3) is 0.421. The number of piperidine rings is 1. The van der Waals surface area contributed by atoms with Gasteiger partial charge in [0.1, 0.15) is 24.6 Å². The molecule has 1 aromatic carbocycles. The molecule has 1 atom stereocenters. The van der Waals surface area contributed by atoms with Crippen molar-refractivity contribution in [2.75, 3.05) is 13.1 Å². The second-order valence-electron chi connectivity index (χ2n) is 6.54. The fourth-order valence-electron chi connectivity index (χ4n) is 2.96. The molecule has 1 aliphatic rings. The Labute approximate surface area is 160 Å². The molecule has 0 radical (unpaired) electrons. The van der Waals surface area contributed by atoms with Crippen LogP contribution in [0, 0.1) is 11.6 Å². The summed E-state index contributed by atoms with van der Waals surface area (Å²) in [5, 5.41) is 9.09. The lowest BCUT2D eigenvalue weighted by atomic mass is 10.1. The lowest BCUT2D eigenvalue weighted by Gasteiger charge is -2.34. The summed E-state index contributed by atoms with van der Waals surface area (Å²) in [4.78, 5) is 21.3. The Balaban J connectivity index is 1.53. The SMILES string of the molecule is CC(C(=O)O)N1CCC(Oc2ccnc(COc3ccc(F)cc3F)n2)CC1. The van der Waals surface area contributed by atoms with Crippen molar-refractivity contribution in [3.05, 3.63) is 47.9 Å². The van der Waals surface area contributed by atoms with E-state index in [0.717, 1.165) is 12.1 Å². The lowest BCUT2D eigenvalue weighted by molar-refractivity contribution is -0.143. The van der Waals surface area contributed by atoms with E-state index in [9.17, 15) is 13.6 Å². The Morgan fingerprint density at radius 3 is 2.75 bits per heavy atom. The second-order valence-corrected chi connectivity index (χ2v) is 6.54. The van der Waals surface area contributed by atoms with Gasteiger partial charge < -0.3 is 14.6 Å². The second kappa shape index (κ2) is 8.92. The van der Waals surface area contributed by atoms with E-state index in [4.69, 9.17) is 14.6 Å². The monoisotopic (exact) mass is 393 g/mol. The fourth-order valence-corrected chi connectivity index (χ4v) is 2.96. The molecular weight excluding hydrogens is 372 g/mol. The third-order valence-corrected chi connectivity index (χ3v) is 4.60. The zero-order valence-corrected chi connectivity index (χ0v) is 15.3. The summed E-state index contributed by atoms with van der Waals surface area (Å²) in [5.41, 5.74) is 0. The van der Waals surface area contributed by atoms with Crippen LogP contribution in [-0.2, 0) is 11.4 Å². The number of carboxylic acid groups (broad SMARTS) is 1. The predicted molar refractivity (Wildman–Crippen MR) is 95.0 cm³/mol. The van der Waals surface area contributed by atoms with E-state index in [1.54, 1.807) is 13.0 Å². The molecule has 1 aliphatic heterocycles. The number of carbonyl (C=O) groups is 1. The highest BCUT2D eigenvalue weighted by Crippen LogP contribution is 2.20. The first-order valence-corrected chi connectivity index (χ1v) is 8.95. The van der Waals surface area contributed by atoms with Gasteiger partial charge in [-0.25, -0.2) is 13.8 Å². The Bertz CT molecular complexity index is 829. The number of rotatable bonds is 7. The van der Waals surface area contributed by atoms with Crippen LogP contribution in [0.3, 0.4) is 0 Å². The van der Waals surface area contributed by atoms with Gasteiger partial charge in [-0.3, -0.25) is 9.69 Å². The number of nitrogens with zero attached hydrogens (tertiary/aromatic N) is 3. The van der Waals surface area contributed by atoms with Crippen molar-refractivity contribution < 1.29 is 28.2 Å². The molecule has 1 unspecified atom stereocenters. The molecule has 0 aliphatic carbocycles. The van der Waals surface area contributed by atoms with E-state index >= 15 is 0 Å². The smallest absolute Gasteiger partial charge is 0.320 e. The molecule has 0 bridgehead atoms. The molecule has 0 spiro atoms. The third-order valence-electron chi connectivity index (χ3n) is 4.60. The van der Waals surface area contributed by atoms with Crippen molar-refractivity contribution in [1.29, 1.82) is 0 Å². The molecule has 1 aromatic heterocycles. The van der Waals surface area contributed by atoms with Crippen LogP contribution in [0.1, 0.15) is 25.6 Å². The number of aromatic nitrogens is 2. The van der Waals surface area contributed by atoms with Crippen molar-refractivity contribution in [1.82, 2.24) is 14.9 Å². The van der Waals surface area contributed by atoms with Crippen LogP contribution in [0.4, 0.5) is 8.78 Å². The average molecular weight is 393 g/mol. The first-order chi connectivity index (χ1) is 13.4. The first kappa shape index (κ1) is 19.9. The van der Waals surface area contributed by atoms with Gasteiger partial charge in [-0.1, -0.05) is 0 Å². The molecule has 7 nitrogen and oxygen atoms in total. The van der Waals surface area contributed by atoms with Crippen molar-refractivity contribution >= 4 is 5.97 Å². The zero-order chi connectivity index (χ0) is 20.1. The number of benzene rings is 1. The highest BCUT2D eigenvalue weighted by Gasteiger charge is 2.27. The quantitative estimate of drug-likeness (QED) is 0.774. The topological polar surface area (TPSA) is 84.8 Å². The van der Waals surface area contributed by atoms with Crippen LogP contribution >= 0.6 is 0 Å². The van der Waals surface area contributed by atoms with E-state index in [2.05, 4.69) is 9.97 Å². The van der Waals surface area contributed by atoms with Crippen LogP contribution < -0.4 is 9.47 Å². The molecule has 0 amide bonds. The number of hydrogen-bond donors (Lipinski definition) is 1.